The van der Waals surface area contributed by atoms with Crippen LogP contribution in [0.5, 0.6) is 0 Å². The summed E-state index contributed by atoms with van der Waals surface area (Å²) in [5.74, 6) is -1.78. The fourth-order valence-electron chi connectivity index (χ4n) is 3.77. The molecule has 2 aromatic carbocycles. The first kappa shape index (κ1) is 30.3. The van der Waals surface area contributed by atoms with Crippen LogP contribution in [0.2, 0.25) is 0 Å². The summed E-state index contributed by atoms with van der Waals surface area (Å²) in [4.78, 5) is 52.6. The highest BCUT2D eigenvalue weighted by Crippen LogP contribution is 2.24. The lowest BCUT2D eigenvalue weighted by Gasteiger charge is -2.34. The quantitative estimate of drug-likeness (QED) is 0.333. The molecule has 0 fully saturated rings. The summed E-state index contributed by atoms with van der Waals surface area (Å²) < 4.78 is 5.29. The molecule has 4 amide bonds. The van der Waals surface area contributed by atoms with Crippen molar-refractivity contribution in [3.05, 3.63) is 71.3 Å². The van der Waals surface area contributed by atoms with Crippen LogP contribution in [0.3, 0.4) is 0 Å². The van der Waals surface area contributed by atoms with Crippen LogP contribution < -0.4 is 16.4 Å². The summed E-state index contributed by atoms with van der Waals surface area (Å²) in [5, 5.41) is 15.2. The average molecular weight is 527 g/mol. The number of amides is 4. The minimum atomic E-state index is -1.22. The molecule has 0 saturated heterocycles. The SMILES string of the molecule is Cc1ccc(C(C(=O)NCc2ccccc2)N(CCO)C(=O)C(CCC(N)=O)NC(=O)OC(C)(C)C)cc1. The maximum absolute atomic E-state index is 13.8. The van der Waals surface area contributed by atoms with E-state index in [2.05, 4.69) is 10.6 Å². The number of alkyl carbamates (subject to hydrolysis) is 1. The fourth-order valence-corrected chi connectivity index (χ4v) is 3.77. The number of carbonyl (C=O) groups excluding carboxylic acids is 4. The standard InChI is InChI=1S/C28H38N4O6/c1-19-10-12-21(13-11-19)24(25(35)30-18-20-8-6-5-7-9-20)32(16-17-33)26(36)22(14-15-23(29)34)31-27(37)38-28(2,3)4/h5-13,22,24,33H,14-18H2,1-4H3,(H2,29,34)(H,30,35)(H,31,37). The van der Waals surface area contributed by atoms with E-state index in [1.165, 1.54) is 4.90 Å². The zero-order valence-electron chi connectivity index (χ0n) is 22.4. The molecule has 0 spiro atoms. The van der Waals surface area contributed by atoms with E-state index in [4.69, 9.17) is 10.5 Å². The third kappa shape index (κ3) is 9.85. The predicted molar refractivity (Wildman–Crippen MR) is 143 cm³/mol. The second-order valence-corrected chi connectivity index (χ2v) is 9.98. The number of hydrogen-bond acceptors (Lipinski definition) is 6. The van der Waals surface area contributed by atoms with E-state index >= 15 is 0 Å². The number of benzene rings is 2. The molecular formula is C28H38N4O6. The fraction of sp³-hybridized carbons (Fsp3) is 0.429. The Morgan fingerprint density at radius 2 is 1.66 bits per heavy atom. The first-order valence-electron chi connectivity index (χ1n) is 12.5. The van der Waals surface area contributed by atoms with Gasteiger partial charge in [-0.3, -0.25) is 14.4 Å². The Morgan fingerprint density at radius 1 is 1.03 bits per heavy atom. The number of primary amides is 1. The molecule has 0 aliphatic heterocycles. The average Bonchev–Trinajstić information content (AvgIpc) is 2.85. The number of hydrogen-bond donors (Lipinski definition) is 4. The number of rotatable bonds is 12. The number of nitrogens with one attached hydrogen (secondary N) is 2. The minimum absolute atomic E-state index is 0.110. The van der Waals surface area contributed by atoms with E-state index in [9.17, 15) is 24.3 Å². The Hall–Kier alpha value is -3.92. The summed E-state index contributed by atoms with van der Waals surface area (Å²) in [5.41, 5.74) is 6.83. The van der Waals surface area contributed by atoms with Gasteiger partial charge >= 0.3 is 6.09 Å². The van der Waals surface area contributed by atoms with Crippen LogP contribution >= 0.6 is 0 Å². The van der Waals surface area contributed by atoms with E-state index in [0.717, 1.165) is 11.1 Å². The second kappa shape index (κ2) is 14.1. The number of nitrogens with two attached hydrogens (primary N) is 1. The van der Waals surface area contributed by atoms with Crippen molar-refractivity contribution in [1.82, 2.24) is 15.5 Å². The molecule has 38 heavy (non-hydrogen) atoms. The molecule has 0 saturated carbocycles. The molecule has 2 rings (SSSR count). The van der Waals surface area contributed by atoms with Crippen LogP contribution in [0.4, 0.5) is 4.79 Å². The molecule has 2 unspecified atom stereocenters. The molecule has 0 aromatic heterocycles. The van der Waals surface area contributed by atoms with Crippen LogP contribution in [0, 0.1) is 6.92 Å². The number of carbonyl (C=O) groups is 4. The van der Waals surface area contributed by atoms with Crippen molar-refractivity contribution in [2.75, 3.05) is 13.2 Å². The zero-order chi connectivity index (χ0) is 28.3. The number of ether oxygens (including phenoxy) is 1. The van der Waals surface area contributed by atoms with Gasteiger partial charge in [-0.1, -0.05) is 60.2 Å². The Morgan fingerprint density at radius 3 is 2.21 bits per heavy atom. The monoisotopic (exact) mass is 526 g/mol. The van der Waals surface area contributed by atoms with Gasteiger partial charge in [0, 0.05) is 19.5 Å². The lowest BCUT2D eigenvalue weighted by molar-refractivity contribution is -0.143. The summed E-state index contributed by atoms with van der Waals surface area (Å²) in [6, 6.07) is 14.1. The minimum Gasteiger partial charge on any atom is -0.444 e. The molecule has 0 aliphatic carbocycles. The van der Waals surface area contributed by atoms with Crippen molar-refractivity contribution in [2.45, 2.75) is 64.8 Å². The van der Waals surface area contributed by atoms with E-state index in [1.807, 2.05) is 49.4 Å². The summed E-state index contributed by atoms with van der Waals surface area (Å²) >= 11 is 0. The number of aliphatic hydroxyl groups is 1. The highest BCUT2D eigenvalue weighted by Gasteiger charge is 2.36. The van der Waals surface area contributed by atoms with Gasteiger partial charge in [-0.15, -0.1) is 0 Å². The van der Waals surface area contributed by atoms with Crippen LogP contribution in [0.25, 0.3) is 0 Å². The molecular weight excluding hydrogens is 488 g/mol. The van der Waals surface area contributed by atoms with E-state index in [-0.39, 0.29) is 25.9 Å². The Labute approximate surface area is 223 Å². The van der Waals surface area contributed by atoms with Gasteiger partial charge in [-0.2, -0.15) is 0 Å². The molecule has 0 heterocycles. The van der Waals surface area contributed by atoms with Gasteiger partial charge in [0.1, 0.15) is 17.7 Å². The van der Waals surface area contributed by atoms with Gasteiger partial charge in [0.2, 0.25) is 17.7 Å². The van der Waals surface area contributed by atoms with Gasteiger partial charge in [0.05, 0.1) is 6.61 Å². The van der Waals surface area contributed by atoms with Crippen LogP contribution in [-0.2, 0) is 25.7 Å². The Kier molecular flexibility index (Phi) is 11.3. The van der Waals surface area contributed by atoms with Crippen molar-refractivity contribution in [3.8, 4) is 0 Å². The molecule has 0 bridgehead atoms. The molecule has 206 valence electrons. The summed E-state index contributed by atoms with van der Waals surface area (Å²) in [7, 11) is 0. The van der Waals surface area contributed by atoms with Gasteiger partial charge < -0.3 is 31.1 Å². The van der Waals surface area contributed by atoms with Crippen LogP contribution in [-0.4, -0.2) is 58.6 Å². The molecule has 5 N–H and O–H groups in total. The smallest absolute Gasteiger partial charge is 0.408 e. The maximum Gasteiger partial charge on any atom is 0.408 e. The van der Waals surface area contributed by atoms with Crippen molar-refractivity contribution in [1.29, 1.82) is 0 Å². The molecule has 0 aliphatic rings. The highest BCUT2D eigenvalue weighted by molar-refractivity contribution is 5.92. The largest absolute Gasteiger partial charge is 0.444 e. The van der Waals surface area contributed by atoms with Crippen LogP contribution in [0.15, 0.2) is 54.6 Å². The predicted octanol–water partition coefficient (Wildman–Crippen LogP) is 2.33. The van der Waals surface area contributed by atoms with Gasteiger partial charge in [-0.25, -0.2) is 4.79 Å². The Bertz CT molecular complexity index is 1080. The second-order valence-electron chi connectivity index (χ2n) is 9.98. The maximum atomic E-state index is 13.8. The number of aliphatic hydroxyl groups excluding tert-OH is 1. The first-order chi connectivity index (χ1) is 17.9. The lowest BCUT2D eigenvalue weighted by Crippen LogP contribution is -2.53. The van der Waals surface area contributed by atoms with Crippen molar-refractivity contribution in [2.24, 2.45) is 5.73 Å². The number of aryl methyl sites for hydroxylation is 1. The van der Waals surface area contributed by atoms with Gasteiger partial charge in [0.15, 0.2) is 0 Å². The molecule has 2 atom stereocenters. The molecule has 0 radical (unpaired) electrons. The molecule has 10 heteroatoms. The van der Waals surface area contributed by atoms with E-state index < -0.39 is 48.1 Å². The van der Waals surface area contributed by atoms with E-state index in [0.29, 0.717) is 5.56 Å². The normalized spacial score (nSPS) is 12.7. The first-order valence-corrected chi connectivity index (χ1v) is 12.5. The van der Waals surface area contributed by atoms with Gasteiger partial charge in [0.25, 0.3) is 0 Å². The van der Waals surface area contributed by atoms with Gasteiger partial charge in [-0.05, 0) is 45.2 Å². The third-order valence-electron chi connectivity index (χ3n) is 5.56. The summed E-state index contributed by atoms with van der Waals surface area (Å²) in [6.07, 6.45) is -1.15. The highest BCUT2D eigenvalue weighted by atomic mass is 16.6. The Balaban J connectivity index is 2.41. The topological polar surface area (TPSA) is 151 Å². The van der Waals surface area contributed by atoms with E-state index in [1.54, 1.807) is 32.9 Å². The van der Waals surface area contributed by atoms with Crippen LogP contribution in [0.1, 0.15) is 56.3 Å². The van der Waals surface area contributed by atoms with Crippen molar-refractivity contribution < 1.29 is 29.0 Å². The van der Waals surface area contributed by atoms with Crippen molar-refractivity contribution >= 4 is 23.8 Å². The number of nitrogens with zero attached hydrogens (tertiary/aromatic N) is 1. The van der Waals surface area contributed by atoms with Crippen molar-refractivity contribution in [3.63, 3.8) is 0 Å². The molecule has 10 nitrogen and oxygen atoms in total. The lowest BCUT2D eigenvalue weighted by atomic mass is 10.0. The summed E-state index contributed by atoms with van der Waals surface area (Å²) in [6.45, 7) is 6.52. The molecule has 2 aromatic rings. The zero-order valence-corrected chi connectivity index (χ0v) is 22.4. The third-order valence-corrected chi connectivity index (χ3v) is 5.56.